The first kappa shape index (κ1) is 11.2. The third kappa shape index (κ3) is 3.14. The van der Waals surface area contributed by atoms with Crippen LogP contribution in [0.25, 0.3) is 0 Å². The third-order valence-corrected chi connectivity index (χ3v) is 2.32. The van der Waals surface area contributed by atoms with Crippen LogP contribution in [0.2, 0.25) is 0 Å². The summed E-state index contributed by atoms with van der Waals surface area (Å²) in [7, 11) is 2.03. The first-order chi connectivity index (χ1) is 6.77. The lowest BCUT2D eigenvalue weighted by atomic mass is 10.3. The van der Waals surface area contributed by atoms with E-state index in [1.54, 1.807) is 12.4 Å². The Balaban J connectivity index is 2.64. The van der Waals surface area contributed by atoms with Gasteiger partial charge >= 0.3 is 0 Å². The summed E-state index contributed by atoms with van der Waals surface area (Å²) in [6.45, 7) is 3.19. The molecule has 1 aromatic heterocycles. The molecule has 0 aliphatic rings. The Hall–Kier alpha value is -0.830. The Labute approximate surface area is 90.1 Å². The van der Waals surface area contributed by atoms with Crippen LogP contribution in [0.15, 0.2) is 12.4 Å². The summed E-state index contributed by atoms with van der Waals surface area (Å²) in [6, 6.07) is 0. The zero-order valence-corrected chi connectivity index (χ0v) is 9.46. The highest BCUT2D eigenvalue weighted by Gasteiger charge is 2.02. The summed E-state index contributed by atoms with van der Waals surface area (Å²) < 4.78 is 0. The molecule has 4 heteroatoms. The van der Waals surface area contributed by atoms with Crippen LogP contribution in [0.3, 0.4) is 0 Å². The first-order valence-corrected chi connectivity index (χ1v) is 5.39. The Morgan fingerprint density at radius 1 is 1.43 bits per heavy atom. The minimum absolute atomic E-state index is 0.419. The molecular weight excluding hydrogens is 198 g/mol. The van der Waals surface area contributed by atoms with E-state index in [0.29, 0.717) is 5.88 Å². The van der Waals surface area contributed by atoms with Crippen LogP contribution in [0, 0.1) is 0 Å². The number of unbranched alkanes of at least 4 members (excludes halogenated alkanes) is 1. The highest BCUT2D eigenvalue weighted by atomic mass is 35.5. The van der Waals surface area contributed by atoms with Gasteiger partial charge in [-0.2, -0.15) is 0 Å². The zero-order chi connectivity index (χ0) is 10.4. The molecule has 0 spiro atoms. The van der Waals surface area contributed by atoms with Crippen molar-refractivity contribution in [3.63, 3.8) is 0 Å². The summed E-state index contributed by atoms with van der Waals surface area (Å²) in [6.07, 6.45) is 5.83. The van der Waals surface area contributed by atoms with Crippen LogP contribution < -0.4 is 4.90 Å². The molecule has 1 heterocycles. The van der Waals surface area contributed by atoms with E-state index in [1.807, 2.05) is 7.05 Å². The Kier molecular flexibility index (Phi) is 4.66. The van der Waals surface area contributed by atoms with Crippen LogP contribution in [0.5, 0.6) is 0 Å². The topological polar surface area (TPSA) is 29.0 Å². The second-order valence-corrected chi connectivity index (χ2v) is 3.54. The molecule has 0 aliphatic heterocycles. The van der Waals surface area contributed by atoms with E-state index in [0.717, 1.165) is 18.1 Å². The fourth-order valence-electron chi connectivity index (χ4n) is 1.15. The molecule has 0 bridgehead atoms. The van der Waals surface area contributed by atoms with Gasteiger partial charge in [-0.3, -0.25) is 4.98 Å². The lowest BCUT2D eigenvalue weighted by Crippen LogP contribution is -2.20. The van der Waals surface area contributed by atoms with Gasteiger partial charge in [-0.25, -0.2) is 4.98 Å². The van der Waals surface area contributed by atoms with Crippen molar-refractivity contribution in [1.82, 2.24) is 9.97 Å². The van der Waals surface area contributed by atoms with E-state index in [-0.39, 0.29) is 0 Å². The van der Waals surface area contributed by atoms with Gasteiger partial charge < -0.3 is 4.90 Å². The predicted octanol–water partition coefficient (Wildman–Crippen LogP) is 2.45. The molecule has 14 heavy (non-hydrogen) atoms. The molecule has 0 radical (unpaired) electrons. The van der Waals surface area contributed by atoms with Gasteiger partial charge in [-0.1, -0.05) is 13.3 Å². The van der Waals surface area contributed by atoms with Crippen LogP contribution in [-0.2, 0) is 5.88 Å². The number of aromatic nitrogens is 2. The maximum Gasteiger partial charge on any atom is 0.147 e. The summed E-state index contributed by atoms with van der Waals surface area (Å²) in [5, 5.41) is 0. The van der Waals surface area contributed by atoms with E-state index in [4.69, 9.17) is 11.6 Å². The second kappa shape index (κ2) is 5.81. The fraction of sp³-hybridized carbons (Fsp3) is 0.600. The maximum atomic E-state index is 5.69. The van der Waals surface area contributed by atoms with Gasteiger partial charge in [0.1, 0.15) is 5.82 Å². The Bertz CT molecular complexity index is 278. The normalized spacial score (nSPS) is 10.2. The van der Waals surface area contributed by atoms with Gasteiger partial charge in [0, 0.05) is 19.8 Å². The van der Waals surface area contributed by atoms with Crippen molar-refractivity contribution < 1.29 is 0 Å². The number of hydrogen-bond donors (Lipinski definition) is 0. The van der Waals surface area contributed by atoms with Gasteiger partial charge in [0.05, 0.1) is 17.8 Å². The molecule has 3 nitrogen and oxygen atoms in total. The molecule has 0 saturated carbocycles. The molecule has 0 amide bonds. The van der Waals surface area contributed by atoms with Crippen molar-refractivity contribution in [3.05, 3.63) is 18.1 Å². The summed E-state index contributed by atoms with van der Waals surface area (Å²) in [5.74, 6) is 1.32. The SMILES string of the molecule is CCCCN(C)c1cncc(CCl)n1. The molecule has 1 rings (SSSR count). The van der Waals surface area contributed by atoms with E-state index in [2.05, 4.69) is 21.8 Å². The van der Waals surface area contributed by atoms with Gasteiger partial charge in [0.15, 0.2) is 0 Å². The van der Waals surface area contributed by atoms with Gasteiger partial charge in [-0.15, -0.1) is 11.6 Å². The zero-order valence-electron chi connectivity index (χ0n) is 8.70. The number of nitrogens with zero attached hydrogens (tertiary/aromatic N) is 3. The number of hydrogen-bond acceptors (Lipinski definition) is 3. The number of halogens is 1. The highest BCUT2D eigenvalue weighted by Crippen LogP contribution is 2.09. The van der Waals surface area contributed by atoms with Crippen molar-refractivity contribution in [2.45, 2.75) is 25.6 Å². The average Bonchev–Trinajstić information content (AvgIpc) is 2.26. The molecule has 0 aromatic carbocycles. The minimum atomic E-state index is 0.419. The maximum absolute atomic E-state index is 5.69. The summed E-state index contributed by atoms with van der Waals surface area (Å²) >= 11 is 5.69. The molecule has 0 N–H and O–H groups in total. The lowest BCUT2D eigenvalue weighted by molar-refractivity contribution is 0.756. The minimum Gasteiger partial charge on any atom is -0.358 e. The van der Waals surface area contributed by atoms with Gasteiger partial charge in [-0.05, 0) is 6.42 Å². The summed E-state index contributed by atoms with van der Waals surface area (Å²) in [5.41, 5.74) is 0.826. The predicted molar refractivity (Wildman–Crippen MR) is 59.8 cm³/mol. The van der Waals surface area contributed by atoms with Crippen LogP contribution in [-0.4, -0.2) is 23.6 Å². The summed E-state index contributed by atoms with van der Waals surface area (Å²) in [4.78, 5) is 10.6. The smallest absolute Gasteiger partial charge is 0.147 e. The van der Waals surface area contributed by atoms with Crippen LogP contribution >= 0.6 is 11.6 Å². The highest BCUT2D eigenvalue weighted by molar-refractivity contribution is 6.16. The van der Waals surface area contributed by atoms with Crippen molar-refractivity contribution in [3.8, 4) is 0 Å². The number of rotatable bonds is 5. The quantitative estimate of drug-likeness (QED) is 0.704. The fourth-order valence-corrected chi connectivity index (χ4v) is 1.28. The largest absolute Gasteiger partial charge is 0.358 e. The molecule has 0 fully saturated rings. The first-order valence-electron chi connectivity index (χ1n) is 4.86. The van der Waals surface area contributed by atoms with Gasteiger partial charge in [0.25, 0.3) is 0 Å². The molecule has 0 atom stereocenters. The van der Waals surface area contributed by atoms with Crippen molar-refractivity contribution in [2.75, 3.05) is 18.5 Å². The van der Waals surface area contributed by atoms with E-state index in [1.165, 1.54) is 12.8 Å². The molecule has 0 unspecified atom stereocenters. The van der Waals surface area contributed by atoms with Crippen molar-refractivity contribution >= 4 is 17.4 Å². The van der Waals surface area contributed by atoms with Gasteiger partial charge in [0.2, 0.25) is 0 Å². The standard InChI is InChI=1S/C10H16ClN3/c1-3-4-5-14(2)10-8-12-7-9(6-11)13-10/h7-8H,3-6H2,1-2H3. The second-order valence-electron chi connectivity index (χ2n) is 3.28. The van der Waals surface area contributed by atoms with Crippen molar-refractivity contribution in [2.24, 2.45) is 0 Å². The molecule has 78 valence electrons. The number of alkyl halides is 1. The van der Waals surface area contributed by atoms with E-state index in [9.17, 15) is 0 Å². The monoisotopic (exact) mass is 213 g/mol. The third-order valence-electron chi connectivity index (χ3n) is 2.05. The van der Waals surface area contributed by atoms with Crippen molar-refractivity contribution in [1.29, 1.82) is 0 Å². The van der Waals surface area contributed by atoms with E-state index < -0.39 is 0 Å². The molecule has 0 saturated heterocycles. The van der Waals surface area contributed by atoms with E-state index >= 15 is 0 Å². The lowest BCUT2D eigenvalue weighted by Gasteiger charge is -2.17. The Morgan fingerprint density at radius 3 is 2.86 bits per heavy atom. The number of anilines is 1. The average molecular weight is 214 g/mol. The Morgan fingerprint density at radius 2 is 2.21 bits per heavy atom. The molecular formula is C10H16ClN3. The van der Waals surface area contributed by atoms with Crippen LogP contribution in [0.1, 0.15) is 25.5 Å². The van der Waals surface area contributed by atoms with Crippen LogP contribution in [0.4, 0.5) is 5.82 Å². The molecule has 0 aliphatic carbocycles. The molecule has 1 aromatic rings.